The first-order valence-electron chi connectivity index (χ1n) is 7.82. The average molecular weight is 337 g/mol. The van der Waals surface area contributed by atoms with E-state index in [0.717, 1.165) is 5.56 Å². The molecule has 0 fully saturated rings. The molecule has 3 N–H and O–H groups in total. The quantitative estimate of drug-likeness (QED) is 0.579. The highest BCUT2D eigenvalue weighted by Crippen LogP contribution is 2.09. The van der Waals surface area contributed by atoms with Gasteiger partial charge in [-0.15, -0.1) is 0 Å². The monoisotopic (exact) mass is 337 g/mol. The van der Waals surface area contributed by atoms with Gasteiger partial charge in [0.1, 0.15) is 0 Å². The number of nitrogens with one attached hydrogen (secondary N) is 3. The summed E-state index contributed by atoms with van der Waals surface area (Å²) in [5.41, 5.74) is 6.50. The van der Waals surface area contributed by atoms with E-state index in [1.807, 2.05) is 30.3 Å². The molecule has 0 aliphatic carbocycles. The van der Waals surface area contributed by atoms with Crippen LogP contribution in [0.4, 0.5) is 5.69 Å². The number of benzene rings is 2. The molecule has 0 aromatic heterocycles. The molecule has 2 aromatic rings. The Kier molecular flexibility index (Phi) is 6.47. The summed E-state index contributed by atoms with van der Waals surface area (Å²) in [6, 6.07) is 15.7. The maximum absolute atomic E-state index is 12.0. The van der Waals surface area contributed by atoms with Gasteiger partial charge in [0.15, 0.2) is 0 Å². The van der Waals surface area contributed by atoms with Gasteiger partial charge in [-0.1, -0.05) is 37.3 Å². The molecular weight excluding hydrogens is 318 g/mol. The van der Waals surface area contributed by atoms with E-state index < -0.39 is 11.8 Å². The van der Waals surface area contributed by atoms with E-state index in [-0.39, 0.29) is 5.91 Å². The fourth-order valence-electron chi connectivity index (χ4n) is 1.92. The number of amides is 3. The molecule has 0 bridgehead atoms. The van der Waals surface area contributed by atoms with E-state index in [1.54, 1.807) is 37.3 Å². The van der Waals surface area contributed by atoms with Crippen molar-refractivity contribution in [1.29, 1.82) is 0 Å². The zero-order valence-electron chi connectivity index (χ0n) is 13.8. The van der Waals surface area contributed by atoms with Crippen molar-refractivity contribution in [2.45, 2.75) is 13.3 Å². The molecular formula is C19H19N3O3. The summed E-state index contributed by atoms with van der Waals surface area (Å²) in [6.07, 6.45) is 3.36. The zero-order valence-corrected chi connectivity index (χ0v) is 13.8. The summed E-state index contributed by atoms with van der Waals surface area (Å²) in [4.78, 5) is 35.0. The molecule has 0 saturated heterocycles. The summed E-state index contributed by atoms with van der Waals surface area (Å²) < 4.78 is 0. The first kappa shape index (κ1) is 17.9. The standard InChI is InChI=1S/C19H19N3O3/c1-2-17(23)20-16-11-9-15(10-12-16)19(25)22-21-18(24)13-8-14-6-4-3-5-7-14/h3-13H,2H2,1H3,(H,20,23)(H,21,24)(H,22,25)/b13-8+. The first-order valence-corrected chi connectivity index (χ1v) is 7.82. The Morgan fingerprint density at radius 3 is 2.24 bits per heavy atom. The van der Waals surface area contributed by atoms with Crippen LogP contribution in [0.15, 0.2) is 60.7 Å². The van der Waals surface area contributed by atoms with Gasteiger partial charge in [-0.2, -0.15) is 0 Å². The minimum Gasteiger partial charge on any atom is -0.326 e. The smallest absolute Gasteiger partial charge is 0.269 e. The topological polar surface area (TPSA) is 87.3 Å². The summed E-state index contributed by atoms with van der Waals surface area (Å²) >= 11 is 0. The van der Waals surface area contributed by atoms with E-state index in [1.165, 1.54) is 6.08 Å². The van der Waals surface area contributed by atoms with E-state index in [0.29, 0.717) is 17.7 Å². The Morgan fingerprint density at radius 2 is 1.60 bits per heavy atom. The lowest BCUT2D eigenvalue weighted by molar-refractivity contribution is -0.117. The highest BCUT2D eigenvalue weighted by atomic mass is 16.2. The van der Waals surface area contributed by atoms with E-state index >= 15 is 0 Å². The SMILES string of the molecule is CCC(=O)Nc1ccc(C(=O)NNC(=O)/C=C/c2ccccc2)cc1. The van der Waals surface area contributed by atoms with Crippen LogP contribution in [-0.4, -0.2) is 17.7 Å². The van der Waals surface area contributed by atoms with Crippen molar-refractivity contribution in [3.8, 4) is 0 Å². The normalized spacial score (nSPS) is 10.3. The minimum atomic E-state index is -0.449. The Hall–Kier alpha value is -3.41. The van der Waals surface area contributed by atoms with Crippen LogP contribution in [0.25, 0.3) is 6.08 Å². The van der Waals surface area contributed by atoms with Gasteiger partial charge < -0.3 is 5.32 Å². The Bertz CT molecular complexity index is 768. The summed E-state index contributed by atoms with van der Waals surface area (Å²) in [5, 5.41) is 2.69. The van der Waals surface area contributed by atoms with Crippen molar-refractivity contribution in [2.75, 3.05) is 5.32 Å². The summed E-state index contributed by atoms with van der Waals surface area (Å²) in [7, 11) is 0. The molecule has 6 nitrogen and oxygen atoms in total. The number of anilines is 1. The number of hydrogen-bond donors (Lipinski definition) is 3. The molecule has 128 valence electrons. The predicted molar refractivity (Wildman–Crippen MR) is 96.4 cm³/mol. The third kappa shape index (κ3) is 5.95. The van der Waals surface area contributed by atoms with Crippen molar-refractivity contribution >= 4 is 29.5 Å². The highest BCUT2D eigenvalue weighted by Gasteiger charge is 2.06. The van der Waals surface area contributed by atoms with Crippen LogP contribution in [0.1, 0.15) is 29.3 Å². The molecule has 2 rings (SSSR count). The van der Waals surface area contributed by atoms with Crippen LogP contribution in [0.2, 0.25) is 0 Å². The third-order valence-electron chi connectivity index (χ3n) is 3.28. The molecule has 2 aromatic carbocycles. The predicted octanol–water partition coefficient (Wildman–Crippen LogP) is 2.51. The molecule has 0 saturated carbocycles. The molecule has 0 atom stereocenters. The second-order valence-corrected chi connectivity index (χ2v) is 5.17. The van der Waals surface area contributed by atoms with Crippen LogP contribution < -0.4 is 16.2 Å². The van der Waals surface area contributed by atoms with Crippen LogP contribution >= 0.6 is 0 Å². The lowest BCUT2D eigenvalue weighted by atomic mass is 10.2. The Balaban J connectivity index is 1.84. The molecule has 0 heterocycles. The maximum Gasteiger partial charge on any atom is 0.269 e. The van der Waals surface area contributed by atoms with E-state index in [2.05, 4.69) is 16.2 Å². The van der Waals surface area contributed by atoms with Crippen molar-refractivity contribution < 1.29 is 14.4 Å². The molecule has 6 heteroatoms. The second-order valence-electron chi connectivity index (χ2n) is 5.17. The molecule has 0 radical (unpaired) electrons. The second kappa shape index (κ2) is 9.02. The number of hydrazine groups is 1. The third-order valence-corrected chi connectivity index (χ3v) is 3.28. The van der Waals surface area contributed by atoms with Crippen molar-refractivity contribution in [3.63, 3.8) is 0 Å². The van der Waals surface area contributed by atoms with Gasteiger partial charge in [-0.05, 0) is 35.9 Å². The van der Waals surface area contributed by atoms with Crippen molar-refractivity contribution in [2.24, 2.45) is 0 Å². The summed E-state index contributed by atoms with van der Waals surface area (Å²) in [5.74, 6) is -0.992. The molecule has 0 spiro atoms. The highest BCUT2D eigenvalue weighted by molar-refractivity contribution is 5.98. The van der Waals surface area contributed by atoms with E-state index in [9.17, 15) is 14.4 Å². The van der Waals surface area contributed by atoms with Crippen LogP contribution in [0, 0.1) is 0 Å². The number of hydrogen-bond acceptors (Lipinski definition) is 3. The molecule has 0 aliphatic heterocycles. The lowest BCUT2D eigenvalue weighted by Crippen LogP contribution is -2.40. The Labute approximate surface area is 145 Å². The maximum atomic E-state index is 12.0. The van der Waals surface area contributed by atoms with Gasteiger partial charge >= 0.3 is 0 Å². The van der Waals surface area contributed by atoms with Crippen molar-refractivity contribution in [3.05, 3.63) is 71.8 Å². The van der Waals surface area contributed by atoms with Gasteiger partial charge in [0.05, 0.1) is 0 Å². The van der Waals surface area contributed by atoms with Gasteiger partial charge in [0, 0.05) is 23.7 Å². The van der Waals surface area contributed by atoms with Gasteiger partial charge in [-0.3, -0.25) is 25.2 Å². The fraction of sp³-hybridized carbons (Fsp3) is 0.105. The largest absolute Gasteiger partial charge is 0.326 e. The minimum absolute atomic E-state index is 0.102. The summed E-state index contributed by atoms with van der Waals surface area (Å²) in [6.45, 7) is 1.76. The van der Waals surface area contributed by atoms with Gasteiger partial charge in [-0.25, -0.2) is 0 Å². The molecule has 3 amide bonds. The zero-order chi connectivity index (χ0) is 18.1. The number of carbonyl (C=O) groups is 3. The van der Waals surface area contributed by atoms with Crippen LogP contribution in [0.5, 0.6) is 0 Å². The number of rotatable bonds is 5. The first-order chi connectivity index (χ1) is 12.1. The lowest BCUT2D eigenvalue weighted by Gasteiger charge is -2.07. The van der Waals surface area contributed by atoms with Gasteiger partial charge in [0.25, 0.3) is 11.8 Å². The van der Waals surface area contributed by atoms with E-state index in [4.69, 9.17) is 0 Å². The molecule has 0 aliphatic rings. The molecule has 0 unspecified atom stereocenters. The Morgan fingerprint density at radius 1 is 0.920 bits per heavy atom. The number of carbonyl (C=O) groups excluding carboxylic acids is 3. The average Bonchev–Trinajstić information content (AvgIpc) is 2.65. The molecule has 25 heavy (non-hydrogen) atoms. The fourth-order valence-corrected chi connectivity index (χ4v) is 1.92. The van der Waals surface area contributed by atoms with Crippen LogP contribution in [0.3, 0.4) is 0 Å². The van der Waals surface area contributed by atoms with Crippen LogP contribution in [-0.2, 0) is 9.59 Å². The van der Waals surface area contributed by atoms with Crippen molar-refractivity contribution in [1.82, 2.24) is 10.9 Å². The van der Waals surface area contributed by atoms with Gasteiger partial charge in [0.2, 0.25) is 5.91 Å².